The maximum atomic E-state index is 11.6. The molecule has 2 N–H and O–H groups in total. The van der Waals surface area contributed by atoms with Gasteiger partial charge in [-0.05, 0) is 39.0 Å². The van der Waals surface area contributed by atoms with Crippen LogP contribution >= 0.6 is 0 Å². The first-order valence-corrected chi connectivity index (χ1v) is 7.02. The zero-order chi connectivity index (χ0) is 14.5. The van der Waals surface area contributed by atoms with Gasteiger partial charge < -0.3 is 15.2 Å². The maximum Gasteiger partial charge on any atom is 0.341 e. The van der Waals surface area contributed by atoms with E-state index in [9.17, 15) is 9.90 Å². The molecule has 0 aliphatic heterocycles. The maximum absolute atomic E-state index is 11.6. The molecular weight excluding hydrogens is 258 g/mol. The molecule has 1 aromatic rings. The quantitative estimate of drug-likeness (QED) is 0.795. The summed E-state index contributed by atoms with van der Waals surface area (Å²) < 4.78 is 4.93. The van der Waals surface area contributed by atoms with Crippen LogP contribution in [0.2, 0.25) is 0 Å². The molecule has 2 atom stereocenters. The van der Waals surface area contributed by atoms with Gasteiger partial charge in [0.05, 0.1) is 24.0 Å². The third-order valence-electron chi connectivity index (χ3n) is 3.54. The zero-order valence-electron chi connectivity index (χ0n) is 11.9. The van der Waals surface area contributed by atoms with Crippen molar-refractivity contribution in [3.05, 3.63) is 17.5 Å². The Morgan fingerprint density at radius 1 is 1.55 bits per heavy atom. The van der Waals surface area contributed by atoms with Gasteiger partial charge >= 0.3 is 5.97 Å². The average Bonchev–Trinajstić information content (AvgIpc) is 2.82. The van der Waals surface area contributed by atoms with Crippen molar-refractivity contribution >= 4 is 11.9 Å². The van der Waals surface area contributed by atoms with Crippen LogP contribution in [0.4, 0.5) is 5.95 Å². The highest BCUT2D eigenvalue weighted by Crippen LogP contribution is 2.25. The minimum absolute atomic E-state index is 0.171. The summed E-state index contributed by atoms with van der Waals surface area (Å²) in [6, 6.07) is 0. The standard InChI is InChI=1S/C14H21N3O3/c1-3-20-13(19)12-8-16-14(17-9(12)2)15-7-10-4-5-11(18)6-10/h8,10-11,18H,3-7H2,1-2H3,(H,15,16,17). The summed E-state index contributed by atoms with van der Waals surface area (Å²) in [6.07, 6.45) is 4.04. The average molecular weight is 279 g/mol. The summed E-state index contributed by atoms with van der Waals surface area (Å²) in [5, 5.41) is 12.6. The van der Waals surface area contributed by atoms with E-state index in [1.807, 2.05) is 0 Å². The van der Waals surface area contributed by atoms with Crippen LogP contribution in [0.15, 0.2) is 6.20 Å². The van der Waals surface area contributed by atoms with Gasteiger partial charge in [0.15, 0.2) is 0 Å². The first-order chi connectivity index (χ1) is 9.60. The number of anilines is 1. The Morgan fingerprint density at radius 2 is 2.35 bits per heavy atom. The van der Waals surface area contributed by atoms with E-state index in [1.165, 1.54) is 6.20 Å². The van der Waals surface area contributed by atoms with E-state index in [1.54, 1.807) is 13.8 Å². The molecule has 1 aliphatic rings. The smallest absolute Gasteiger partial charge is 0.341 e. The lowest BCUT2D eigenvalue weighted by Gasteiger charge is -2.11. The highest BCUT2D eigenvalue weighted by atomic mass is 16.5. The van der Waals surface area contributed by atoms with Gasteiger partial charge in [0.1, 0.15) is 0 Å². The molecule has 0 radical (unpaired) electrons. The Bertz CT molecular complexity index is 479. The fourth-order valence-corrected chi connectivity index (χ4v) is 2.43. The van der Waals surface area contributed by atoms with Crippen LogP contribution in [0.3, 0.4) is 0 Å². The number of esters is 1. The lowest BCUT2D eigenvalue weighted by Crippen LogP contribution is -2.16. The third kappa shape index (κ3) is 3.66. The molecule has 0 spiro atoms. The Labute approximate surface area is 118 Å². The monoisotopic (exact) mass is 279 g/mol. The molecule has 110 valence electrons. The van der Waals surface area contributed by atoms with Gasteiger partial charge in [-0.15, -0.1) is 0 Å². The molecule has 6 heteroatoms. The largest absolute Gasteiger partial charge is 0.462 e. The number of rotatable bonds is 5. The fourth-order valence-electron chi connectivity index (χ4n) is 2.43. The highest BCUT2D eigenvalue weighted by Gasteiger charge is 2.22. The van der Waals surface area contributed by atoms with Gasteiger partial charge in [0, 0.05) is 12.7 Å². The molecule has 0 aromatic carbocycles. The van der Waals surface area contributed by atoms with Gasteiger partial charge in [0.2, 0.25) is 5.95 Å². The summed E-state index contributed by atoms with van der Waals surface area (Å²) in [7, 11) is 0. The molecule has 2 unspecified atom stereocenters. The number of hydrogen-bond donors (Lipinski definition) is 2. The van der Waals surface area contributed by atoms with Crippen LogP contribution in [0, 0.1) is 12.8 Å². The normalized spacial score (nSPS) is 21.8. The molecule has 1 saturated carbocycles. The number of ether oxygens (including phenoxy) is 1. The second-order valence-electron chi connectivity index (χ2n) is 5.13. The minimum atomic E-state index is -0.393. The Morgan fingerprint density at radius 3 is 2.95 bits per heavy atom. The van der Waals surface area contributed by atoms with Crippen LogP contribution in [0.25, 0.3) is 0 Å². The van der Waals surface area contributed by atoms with E-state index in [2.05, 4.69) is 15.3 Å². The molecule has 0 bridgehead atoms. The molecule has 0 amide bonds. The fraction of sp³-hybridized carbons (Fsp3) is 0.643. The van der Waals surface area contributed by atoms with Crippen molar-refractivity contribution in [2.24, 2.45) is 5.92 Å². The van der Waals surface area contributed by atoms with Crippen molar-refractivity contribution in [2.45, 2.75) is 39.2 Å². The topological polar surface area (TPSA) is 84.3 Å². The Kier molecular flexibility index (Phi) is 4.89. The van der Waals surface area contributed by atoms with E-state index in [-0.39, 0.29) is 6.10 Å². The number of nitrogens with one attached hydrogen (secondary N) is 1. The number of nitrogens with zero attached hydrogens (tertiary/aromatic N) is 2. The van der Waals surface area contributed by atoms with Crippen molar-refractivity contribution in [1.29, 1.82) is 0 Å². The number of carbonyl (C=O) groups is 1. The van der Waals surface area contributed by atoms with Crippen molar-refractivity contribution in [1.82, 2.24) is 9.97 Å². The molecule has 20 heavy (non-hydrogen) atoms. The third-order valence-corrected chi connectivity index (χ3v) is 3.54. The molecule has 6 nitrogen and oxygen atoms in total. The summed E-state index contributed by atoms with van der Waals surface area (Å²) in [4.78, 5) is 20.0. The van der Waals surface area contributed by atoms with Crippen molar-refractivity contribution < 1.29 is 14.6 Å². The minimum Gasteiger partial charge on any atom is -0.462 e. The van der Waals surface area contributed by atoms with Crippen LogP contribution in [-0.2, 0) is 4.74 Å². The summed E-state index contributed by atoms with van der Waals surface area (Å²) in [6.45, 7) is 4.61. The van der Waals surface area contributed by atoms with Crippen LogP contribution in [-0.4, -0.2) is 40.3 Å². The molecule has 2 rings (SSSR count). The lowest BCUT2D eigenvalue weighted by molar-refractivity contribution is 0.0524. The summed E-state index contributed by atoms with van der Waals surface area (Å²) >= 11 is 0. The second-order valence-corrected chi connectivity index (χ2v) is 5.13. The highest BCUT2D eigenvalue weighted by molar-refractivity contribution is 5.90. The van der Waals surface area contributed by atoms with Crippen LogP contribution in [0.5, 0.6) is 0 Å². The summed E-state index contributed by atoms with van der Waals surface area (Å²) in [5.74, 6) is 0.575. The predicted molar refractivity (Wildman–Crippen MR) is 74.6 cm³/mol. The number of hydrogen-bond acceptors (Lipinski definition) is 6. The van der Waals surface area contributed by atoms with Gasteiger partial charge in [-0.1, -0.05) is 0 Å². The SMILES string of the molecule is CCOC(=O)c1cnc(NCC2CCC(O)C2)nc1C. The number of aliphatic hydroxyl groups excluding tert-OH is 1. The number of aromatic nitrogens is 2. The van der Waals surface area contributed by atoms with Crippen molar-refractivity contribution in [2.75, 3.05) is 18.5 Å². The number of carbonyl (C=O) groups excluding carboxylic acids is 1. The lowest BCUT2D eigenvalue weighted by atomic mass is 10.1. The molecular formula is C14H21N3O3. The zero-order valence-corrected chi connectivity index (χ0v) is 11.9. The van der Waals surface area contributed by atoms with Crippen molar-refractivity contribution in [3.8, 4) is 0 Å². The van der Waals surface area contributed by atoms with Crippen LogP contribution in [0.1, 0.15) is 42.2 Å². The van der Waals surface area contributed by atoms with E-state index >= 15 is 0 Å². The van der Waals surface area contributed by atoms with E-state index in [0.29, 0.717) is 29.7 Å². The molecule has 0 saturated heterocycles. The van der Waals surface area contributed by atoms with E-state index in [0.717, 1.165) is 25.8 Å². The van der Waals surface area contributed by atoms with Gasteiger partial charge in [0.25, 0.3) is 0 Å². The molecule has 1 heterocycles. The van der Waals surface area contributed by atoms with E-state index < -0.39 is 5.97 Å². The van der Waals surface area contributed by atoms with Crippen LogP contribution < -0.4 is 5.32 Å². The molecule has 1 aromatic heterocycles. The van der Waals surface area contributed by atoms with Crippen molar-refractivity contribution in [3.63, 3.8) is 0 Å². The number of aryl methyl sites for hydroxylation is 1. The van der Waals surface area contributed by atoms with E-state index in [4.69, 9.17) is 4.74 Å². The molecule has 1 aliphatic carbocycles. The first-order valence-electron chi connectivity index (χ1n) is 7.02. The molecule has 1 fully saturated rings. The first kappa shape index (κ1) is 14.7. The summed E-state index contributed by atoms with van der Waals surface area (Å²) in [5.41, 5.74) is 1.00. The van der Waals surface area contributed by atoms with Gasteiger partial charge in [-0.2, -0.15) is 0 Å². The van der Waals surface area contributed by atoms with Gasteiger partial charge in [-0.3, -0.25) is 0 Å². The predicted octanol–water partition coefficient (Wildman–Crippen LogP) is 1.53. The number of aliphatic hydroxyl groups is 1. The van der Waals surface area contributed by atoms with Gasteiger partial charge in [-0.25, -0.2) is 14.8 Å². The Balaban J connectivity index is 1.93. The Hall–Kier alpha value is -1.69. The second kappa shape index (κ2) is 6.65.